The van der Waals surface area contributed by atoms with Crippen molar-refractivity contribution in [1.29, 1.82) is 0 Å². The third-order valence-corrected chi connectivity index (χ3v) is 6.57. The van der Waals surface area contributed by atoms with Crippen molar-refractivity contribution in [3.05, 3.63) is 22.7 Å². The normalized spacial score (nSPS) is 22.1. The zero-order valence-electron chi connectivity index (χ0n) is 12.2. The van der Waals surface area contributed by atoms with Gasteiger partial charge in [-0.15, -0.1) is 0 Å². The van der Waals surface area contributed by atoms with Crippen LogP contribution >= 0.6 is 15.9 Å². The molecule has 1 spiro atoms. The summed E-state index contributed by atoms with van der Waals surface area (Å²) >= 11 is 3.32. The van der Waals surface area contributed by atoms with E-state index >= 15 is 0 Å². The predicted octanol–water partition coefficient (Wildman–Crippen LogP) is 1.99. The summed E-state index contributed by atoms with van der Waals surface area (Å²) in [5, 5.41) is 0. The lowest BCUT2D eigenvalue weighted by atomic mass is 10.1. The van der Waals surface area contributed by atoms with Gasteiger partial charge in [0.15, 0.2) is 5.79 Å². The number of rotatable bonds is 3. The van der Waals surface area contributed by atoms with E-state index in [0.29, 0.717) is 49.4 Å². The van der Waals surface area contributed by atoms with E-state index in [2.05, 4.69) is 15.9 Å². The molecule has 122 valence electrons. The van der Waals surface area contributed by atoms with Crippen LogP contribution in [0.2, 0.25) is 0 Å². The summed E-state index contributed by atoms with van der Waals surface area (Å²) in [6.07, 6.45) is 1.12. The molecule has 0 N–H and O–H groups in total. The number of piperidine rings is 1. The van der Waals surface area contributed by atoms with Crippen molar-refractivity contribution in [2.75, 3.05) is 33.4 Å². The first-order valence-electron chi connectivity index (χ1n) is 7.08. The standard InChI is InChI=1S/C14H18BrNO5S/c1-19-13-3-2-11(10-12(13)15)22(17,18)16-6-4-14(5-7-16)20-8-9-21-14/h2-3,10H,4-9H2,1H3. The molecule has 2 fully saturated rings. The molecule has 6 nitrogen and oxygen atoms in total. The van der Waals surface area contributed by atoms with E-state index in [1.807, 2.05) is 0 Å². The van der Waals surface area contributed by atoms with Crippen molar-refractivity contribution >= 4 is 26.0 Å². The van der Waals surface area contributed by atoms with Crippen molar-refractivity contribution in [3.63, 3.8) is 0 Å². The molecule has 2 aliphatic rings. The van der Waals surface area contributed by atoms with Crippen molar-refractivity contribution in [2.24, 2.45) is 0 Å². The van der Waals surface area contributed by atoms with Gasteiger partial charge in [-0.25, -0.2) is 8.42 Å². The molecule has 2 saturated heterocycles. The van der Waals surface area contributed by atoms with Crippen molar-refractivity contribution in [3.8, 4) is 5.75 Å². The van der Waals surface area contributed by atoms with Crippen molar-refractivity contribution in [1.82, 2.24) is 4.31 Å². The Balaban J connectivity index is 1.77. The van der Waals surface area contributed by atoms with Gasteiger partial charge < -0.3 is 14.2 Å². The van der Waals surface area contributed by atoms with E-state index in [1.54, 1.807) is 25.3 Å². The number of methoxy groups -OCH3 is 1. The second-order valence-electron chi connectivity index (χ2n) is 5.31. The van der Waals surface area contributed by atoms with Crippen LogP contribution in [0.1, 0.15) is 12.8 Å². The van der Waals surface area contributed by atoms with Crippen molar-refractivity contribution in [2.45, 2.75) is 23.5 Å². The van der Waals surface area contributed by atoms with Crippen LogP contribution in [-0.2, 0) is 19.5 Å². The van der Waals surface area contributed by atoms with E-state index in [4.69, 9.17) is 14.2 Å². The molecule has 0 bridgehead atoms. The third-order valence-electron chi connectivity index (χ3n) is 4.06. The van der Waals surface area contributed by atoms with Crippen LogP contribution in [-0.4, -0.2) is 51.9 Å². The summed E-state index contributed by atoms with van der Waals surface area (Å²) in [5.74, 6) is 0.0243. The highest BCUT2D eigenvalue weighted by Crippen LogP contribution is 2.34. The van der Waals surface area contributed by atoms with Crippen LogP contribution in [0.25, 0.3) is 0 Å². The Bertz CT molecular complexity index is 647. The second kappa shape index (κ2) is 6.09. The van der Waals surface area contributed by atoms with Gasteiger partial charge in [-0.3, -0.25) is 0 Å². The Morgan fingerprint density at radius 2 is 1.86 bits per heavy atom. The number of ether oxygens (including phenoxy) is 3. The molecular formula is C14H18BrNO5S. The SMILES string of the molecule is COc1ccc(S(=O)(=O)N2CCC3(CC2)OCCO3)cc1Br. The van der Waals surface area contributed by atoms with E-state index in [-0.39, 0.29) is 4.90 Å². The number of sulfonamides is 1. The minimum atomic E-state index is -3.52. The molecule has 1 aromatic rings. The van der Waals surface area contributed by atoms with E-state index < -0.39 is 15.8 Å². The maximum atomic E-state index is 12.7. The topological polar surface area (TPSA) is 65.1 Å². The maximum Gasteiger partial charge on any atom is 0.243 e. The number of hydrogen-bond donors (Lipinski definition) is 0. The molecule has 1 aromatic carbocycles. The Morgan fingerprint density at radius 1 is 1.23 bits per heavy atom. The molecule has 0 aromatic heterocycles. The quantitative estimate of drug-likeness (QED) is 0.787. The summed E-state index contributed by atoms with van der Waals surface area (Å²) in [4.78, 5) is 0.254. The Morgan fingerprint density at radius 3 is 2.41 bits per heavy atom. The molecule has 0 amide bonds. The maximum absolute atomic E-state index is 12.7. The van der Waals surface area contributed by atoms with Crippen LogP contribution in [0.5, 0.6) is 5.75 Å². The minimum Gasteiger partial charge on any atom is -0.496 e. The van der Waals surface area contributed by atoms with Gasteiger partial charge in [-0.05, 0) is 34.1 Å². The fourth-order valence-electron chi connectivity index (χ4n) is 2.81. The first kappa shape index (κ1) is 16.2. The van der Waals surface area contributed by atoms with E-state index in [1.165, 1.54) is 4.31 Å². The number of hydrogen-bond acceptors (Lipinski definition) is 5. The number of benzene rings is 1. The molecule has 3 rings (SSSR count). The summed E-state index contributed by atoms with van der Waals surface area (Å²) < 4.78 is 43.9. The summed E-state index contributed by atoms with van der Waals surface area (Å²) in [7, 11) is -1.98. The number of halogens is 1. The third kappa shape index (κ3) is 2.90. The Labute approximate surface area is 138 Å². The summed E-state index contributed by atoms with van der Waals surface area (Å²) in [6.45, 7) is 1.95. The molecule has 0 aliphatic carbocycles. The molecule has 8 heteroatoms. The highest BCUT2D eigenvalue weighted by Gasteiger charge is 2.42. The fourth-order valence-corrected chi connectivity index (χ4v) is 4.97. The smallest absolute Gasteiger partial charge is 0.243 e. The largest absolute Gasteiger partial charge is 0.496 e. The van der Waals surface area contributed by atoms with Gasteiger partial charge >= 0.3 is 0 Å². The number of nitrogens with zero attached hydrogens (tertiary/aromatic N) is 1. The molecule has 2 heterocycles. The molecule has 0 atom stereocenters. The van der Waals surface area contributed by atoms with E-state index in [0.717, 1.165) is 0 Å². The molecule has 0 radical (unpaired) electrons. The van der Waals surface area contributed by atoms with Gasteiger partial charge in [0.05, 0.1) is 29.7 Å². The predicted molar refractivity (Wildman–Crippen MR) is 83.3 cm³/mol. The molecule has 0 saturated carbocycles. The first-order chi connectivity index (χ1) is 10.5. The average Bonchev–Trinajstić information content (AvgIpc) is 2.95. The van der Waals surface area contributed by atoms with Gasteiger partial charge in [-0.2, -0.15) is 4.31 Å². The van der Waals surface area contributed by atoms with Gasteiger partial charge in [0, 0.05) is 25.9 Å². The lowest BCUT2D eigenvalue weighted by molar-refractivity contribution is -0.179. The molecular weight excluding hydrogens is 374 g/mol. The molecule has 2 aliphatic heterocycles. The van der Waals surface area contributed by atoms with Crippen LogP contribution in [0.15, 0.2) is 27.6 Å². The van der Waals surface area contributed by atoms with E-state index in [9.17, 15) is 8.42 Å². The lowest BCUT2D eigenvalue weighted by Crippen LogP contribution is -2.47. The Hall–Kier alpha value is -0.670. The van der Waals surface area contributed by atoms with Crippen molar-refractivity contribution < 1.29 is 22.6 Å². The Kier molecular flexibility index (Phi) is 4.48. The molecule has 0 unspecified atom stereocenters. The zero-order valence-corrected chi connectivity index (χ0v) is 14.7. The van der Waals surface area contributed by atoms with Gasteiger partial charge in [-0.1, -0.05) is 0 Å². The van der Waals surface area contributed by atoms with Gasteiger partial charge in [0.25, 0.3) is 0 Å². The monoisotopic (exact) mass is 391 g/mol. The van der Waals surface area contributed by atoms with Crippen LogP contribution in [0.4, 0.5) is 0 Å². The van der Waals surface area contributed by atoms with Crippen LogP contribution in [0.3, 0.4) is 0 Å². The van der Waals surface area contributed by atoms with Gasteiger partial charge in [0.1, 0.15) is 5.75 Å². The summed E-state index contributed by atoms with van der Waals surface area (Å²) in [5.41, 5.74) is 0. The minimum absolute atomic E-state index is 0.254. The average molecular weight is 392 g/mol. The second-order valence-corrected chi connectivity index (χ2v) is 8.10. The highest BCUT2D eigenvalue weighted by atomic mass is 79.9. The first-order valence-corrected chi connectivity index (χ1v) is 9.32. The lowest BCUT2D eigenvalue weighted by Gasteiger charge is -2.36. The summed E-state index contributed by atoms with van der Waals surface area (Å²) in [6, 6.07) is 4.78. The van der Waals surface area contributed by atoms with Gasteiger partial charge in [0.2, 0.25) is 10.0 Å². The fraction of sp³-hybridized carbons (Fsp3) is 0.571. The molecule has 22 heavy (non-hydrogen) atoms. The highest BCUT2D eigenvalue weighted by molar-refractivity contribution is 9.10. The van der Waals surface area contributed by atoms with Crippen LogP contribution < -0.4 is 4.74 Å². The zero-order chi connectivity index (χ0) is 15.8. The van der Waals surface area contributed by atoms with Crippen LogP contribution in [0, 0.1) is 0 Å².